The minimum Gasteiger partial charge on any atom is -0.451 e. The summed E-state index contributed by atoms with van der Waals surface area (Å²) in [5.41, 5.74) is 6.56. The highest BCUT2D eigenvalue weighted by Crippen LogP contribution is 2.33. The van der Waals surface area contributed by atoms with Crippen LogP contribution in [-0.4, -0.2) is 42.4 Å². The summed E-state index contributed by atoms with van der Waals surface area (Å²) in [6, 6.07) is 1.94. The number of piperidine rings is 1. The smallest absolute Gasteiger partial charge is 0.348 e. The molecule has 6 nitrogen and oxygen atoms in total. The number of carbonyl (C=O) groups excluding carboxylic acids is 3. The van der Waals surface area contributed by atoms with Gasteiger partial charge in [0.25, 0.3) is 5.91 Å². The highest BCUT2D eigenvalue weighted by molar-refractivity contribution is 7.14. The molecule has 0 radical (unpaired) electrons. The Balaban J connectivity index is 1.49. The Bertz CT molecular complexity index is 692. The van der Waals surface area contributed by atoms with E-state index in [0.717, 1.165) is 19.3 Å². The van der Waals surface area contributed by atoms with Crippen molar-refractivity contribution >= 4 is 29.1 Å². The molecule has 0 unspecified atom stereocenters. The topological polar surface area (TPSA) is 89.7 Å². The molecule has 0 bridgehead atoms. The molecule has 3 rings (SSSR count). The Hall–Kier alpha value is -1.89. The summed E-state index contributed by atoms with van der Waals surface area (Å²) in [4.78, 5) is 39.2. The van der Waals surface area contributed by atoms with E-state index in [-0.39, 0.29) is 24.3 Å². The third-order valence-corrected chi connectivity index (χ3v) is 6.76. The van der Waals surface area contributed by atoms with Gasteiger partial charge in [-0.2, -0.15) is 0 Å². The lowest BCUT2D eigenvalue weighted by Crippen LogP contribution is -2.43. The lowest BCUT2D eigenvalue weighted by atomic mass is 9.87. The number of amides is 2. The van der Waals surface area contributed by atoms with Gasteiger partial charge >= 0.3 is 5.97 Å². The molecule has 1 aromatic heterocycles. The monoisotopic (exact) mass is 378 g/mol. The Morgan fingerprint density at radius 2 is 2.00 bits per heavy atom. The SMILES string of the molecule is CC[C@@H]1CCc2sc(C(=O)OCC(=O)N3CCC(C(N)=O)CC3)cc2C1. The van der Waals surface area contributed by atoms with Crippen LogP contribution in [0.3, 0.4) is 0 Å². The number of hydrogen-bond donors (Lipinski definition) is 1. The van der Waals surface area contributed by atoms with Crippen LogP contribution in [0.5, 0.6) is 0 Å². The predicted molar refractivity (Wildman–Crippen MR) is 98.9 cm³/mol. The first-order valence-corrected chi connectivity index (χ1v) is 10.1. The van der Waals surface area contributed by atoms with Crippen LogP contribution in [0, 0.1) is 11.8 Å². The summed E-state index contributed by atoms with van der Waals surface area (Å²) in [5.74, 6) is -0.404. The van der Waals surface area contributed by atoms with Crippen molar-refractivity contribution in [3.05, 3.63) is 21.4 Å². The molecule has 2 heterocycles. The second kappa shape index (κ2) is 8.20. The van der Waals surface area contributed by atoms with Crippen LogP contribution >= 0.6 is 11.3 Å². The first-order chi connectivity index (χ1) is 12.5. The van der Waals surface area contributed by atoms with E-state index in [1.807, 2.05) is 6.07 Å². The van der Waals surface area contributed by atoms with Gasteiger partial charge in [0.15, 0.2) is 6.61 Å². The second-order valence-electron chi connectivity index (χ2n) is 7.21. The maximum Gasteiger partial charge on any atom is 0.348 e. The van der Waals surface area contributed by atoms with Crippen LogP contribution in [0.4, 0.5) is 0 Å². The molecule has 2 aliphatic rings. The average Bonchev–Trinajstić information content (AvgIpc) is 3.09. The van der Waals surface area contributed by atoms with Gasteiger partial charge in [0.05, 0.1) is 0 Å². The molecule has 0 saturated carbocycles. The lowest BCUT2D eigenvalue weighted by Gasteiger charge is -2.30. The number of likely N-dealkylation sites (tertiary alicyclic amines) is 1. The van der Waals surface area contributed by atoms with Crippen LogP contribution in [0.15, 0.2) is 6.07 Å². The number of ether oxygens (including phenoxy) is 1. The zero-order chi connectivity index (χ0) is 18.7. The molecule has 1 aromatic rings. The van der Waals surface area contributed by atoms with Crippen LogP contribution in [0.1, 0.15) is 52.7 Å². The van der Waals surface area contributed by atoms with E-state index in [4.69, 9.17) is 10.5 Å². The molecular weight excluding hydrogens is 352 g/mol. The molecule has 1 fully saturated rings. The van der Waals surface area contributed by atoms with Crippen molar-refractivity contribution in [3.63, 3.8) is 0 Å². The Morgan fingerprint density at radius 3 is 2.65 bits per heavy atom. The number of nitrogens with zero attached hydrogens (tertiary/aromatic N) is 1. The number of esters is 1. The van der Waals surface area contributed by atoms with Gasteiger partial charge in [-0.1, -0.05) is 13.3 Å². The summed E-state index contributed by atoms with van der Waals surface area (Å²) in [7, 11) is 0. The highest BCUT2D eigenvalue weighted by atomic mass is 32.1. The highest BCUT2D eigenvalue weighted by Gasteiger charge is 2.27. The van der Waals surface area contributed by atoms with Gasteiger partial charge in [0.1, 0.15) is 4.88 Å². The second-order valence-corrected chi connectivity index (χ2v) is 8.35. The largest absolute Gasteiger partial charge is 0.451 e. The maximum atomic E-state index is 12.3. The van der Waals surface area contributed by atoms with Gasteiger partial charge in [0, 0.05) is 23.9 Å². The first-order valence-electron chi connectivity index (χ1n) is 9.33. The van der Waals surface area contributed by atoms with Gasteiger partial charge in [0.2, 0.25) is 5.91 Å². The van der Waals surface area contributed by atoms with Crippen molar-refractivity contribution in [3.8, 4) is 0 Å². The van der Waals surface area contributed by atoms with Gasteiger partial charge in [-0.05, 0) is 49.7 Å². The quantitative estimate of drug-likeness (QED) is 0.795. The van der Waals surface area contributed by atoms with Gasteiger partial charge in [-0.3, -0.25) is 9.59 Å². The van der Waals surface area contributed by atoms with E-state index in [1.54, 1.807) is 4.90 Å². The number of fused-ring (bicyclic) bond motifs is 1. The Labute approximate surface area is 157 Å². The maximum absolute atomic E-state index is 12.3. The van der Waals surface area contributed by atoms with Crippen molar-refractivity contribution in [2.75, 3.05) is 19.7 Å². The zero-order valence-electron chi connectivity index (χ0n) is 15.2. The molecule has 0 spiro atoms. The van der Waals surface area contributed by atoms with Crippen LogP contribution < -0.4 is 5.73 Å². The van der Waals surface area contributed by atoms with Gasteiger partial charge in [-0.15, -0.1) is 11.3 Å². The molecule has 2 N–H and O–H groups in total. The Morgan fingerprint density at radius 1 is 1.27 bits per heavy atom. The number of nitrogens with two attached hydrogens (primary N) is 1. The molecule has 1 aliphatic carbocycles. The molecule has 1 aliphatic heterocycles. The summed E-state index contributed by atoms with van der Waals surface area (Å²) < 4.78 is 5.24. The lowest BCUT2D eigenvalue weighted by molar-refractivity contribution is -0.137. The number of hydrogen-bond acceptors (Lipinski definition) is 5. The third-order valence-electron chi connectivity index (χ3n) is 5.54. The minimum atomic E-state index is -0.419. The number of primary amides is 1. The zero-order valence-corrected chi connectivity index (χ0v) is 16.0. The molecule has 1 saturated heterocycles. The predicted octanol–water partition coefficient (Wildman–Crippen LogP) is 2.14. The number of thiophene rings is 1. The molecule has 2 amide bonds. The third kappa shape index (κ3) is 4.26. The van der Waals surface area contributed by atoms with Gasteiger partial charge in [-0.25, -0.2) is 4.79 Å². The van der Waals surface area contributed by atoms with E-state index < -0.39 is 5.97 Å². The molecule has 7 heteroatoms. The van der Waals surface area contributed by atoms with E-state index in [9.17, 15) is 14.4 Å². The molecular formula is C19H26N2O4S. The summed E-state index contributed by atoms with van der Waals surface area (Å²) in [6.45, 7) is 2.92. The summed E-state index contributed by atoms with van der Waals surface area (Å²) >= 11 is 1.50. The normalized spacial score (nSPS) is 20.5. The number of carbonyl (C=O) groups is 3. The van der Waals surface area contributed by atoms with Gasteiger partial charge < -0.3 is 15.4 Å². The fourth-order valence-electron chi connectivity index (χ4n) is 3.75. The molecule has 26 heavy (non-hydrogen) atoms. The minimum absolute atomic E-state index is 0.161. The fourth-order valence-corrected chi connectivity index (χ4v) is 4.85. The van der Waals surface area contributed by atoms with Crippen molar-refractivity contribution in [2.45, 2.75) is 45.4 Å². The van der Waals surface area contributed by atoms with E-state index in [1.165, 1.54) is 28.2 Å². The average molecular weight is 378 g/mol. The molecule has 0 aromatic carbocycles. The summed E-state index contributed by atoms with van der Waals surface area (Å²) in [5, 5.41) is 0. The van der Waals surface area contributed by atoms with Crippen molar-refractivity contribution < 1.29 is 19.1 Å². The Kier molecular flexibility index (Phi) is 5.96. The van der Waals surface area contributed by atoms with Crippen LogP contribution in [0.25, 0.3) is 0 Å². The van der Waals surface area contributed by atoms with Crippen LogP contribution in [-0.2, 0) is 27.2 Å². The first kappa shape index (κ1) is 18.9. The molecule has 1 atom stereocenters. The standard InChI is InChI=1S/C19H26N2O4S/c1-2-12-3-4-15-14(9-12)10-16(26-15)19(24)25-11-17(22)21-7-5-13(6-8-21)18(20)23/h10,12-13H,2-9,11H2,1H3,(H2,20,23)/t12-/m1/s1. The van der Waals surface area contributed by atoms with Crippen molar-refractivity contribution in [1.82, 2.24) is 4.90 Å². The molecule has 142 valence electrons. The van der Waals surface area contributed by atoms with E-state index in [0.29, 0.717) is 36.7 Å². The van der Waals surface area contributed by atoms with E-state index >= 15 is 0 Å². The van der Waals surface area contributed by atoms with Crippen LogP contribution in [0.2, 0.25) is 0 Å². The van der Waals surface area contributed by atoms with Crippen molar-refractivity contribution in [2.24, 2.45) is 17.6 Å². The fraction of sp³-hybridized carbons (Fsp3) is 0.632. The summed E-state index contributed by atoms with van der Waals surface area (Å²) in [6.07, 6.45) is 5.55. The number of rotatable bonds is 5. The van der Waals surface area contributed by atoms with Crippen molar-refractivity contribution in [1.29, 1.82) is 0 Å². The van der Waals surface area contributed by atoms with E-state index in [2.05, 4.69) is 6.92 Å². The number of aryl methyl sites for hydroxylation is 1.